The van der Waals surface area contributed by atoms with E-state index in [1.165, 1.54) is 150 Å². The summed E-state index contributed by atoms with van der Waals surface area (Å²) in [5.41, 5.74) is 25.5. The summed E-state index contributed by atoms with van der Waals surface area (Å²) >= 11 is 0. The van der Waals surface area contributed by atoms with Crippen molar-refractivity contribution in [2.75, 3.05) is 4.90 Å². The first-order valence-electron chi connectivity index (χ1n) is 26.9. The summed E-state index contributed by atoms with van der Waals surface area (Å²) in [4.78, 5) is 2.39. The standard InChI is InChI=1S/C70H65BN2/c1-46-34-48(3)67(49(4)35-46)71(68-50(5)36-47(2)37-51(68)6)58-29-33-66-64(40-58)63-39-55(24-32-65(63)73(66)61-20-14-9-15-21-61)54-22-25-56(26-23-54)69-41-52-38-53(42-69)44-70(43-52,45-69)57-27-30-62(31-28-57)72(59-16-10-7-11-17-59)60-18-12-8-13-19-60/h7-37,39-40,52-53H,38,41-45H2,1-6H3. The van der Waals surface area contributed by atoms with Crippen molar-refractivity contribution in [1.29, 1.82) is 0 Å². The van der Waals surface area contributed by atoms with Crippen LogP contribution >= 0.6 is 0 Å². The van der Waals surface area contributed by atoms with E-state index in [-0.39, 0.29) is 17.5 Å². The molecule has 0 saturated heterocycles. The number of rotatable bonds is 10. The van der Waals surface area contributed by atoms with E-state index in [2.05, 4.69) is 251 Å². The van der Waals surface area contributed by atoms with E-state index in [1.54, 1.807) is 5.56 Å². The maximum atomic E-state index is 2.53. The Kier molecular flexibility index (Phi) is 11.0. The molecule has 0 aliphatic heterocycles. The lowest BCUT2D eigenvalue weighted by Gasteiger charge is -2.63. The van der Waals surface area contributed by atoms with E-state index >= 15 is 0 Å². The highest BCUT2D eigenvalue weighted by Gasteiger charge is 2.58. The van der Waals surface area contributed by atoms with Crippen LogP contribution in [0.4, 0.5) is 17.1 Å². The van der Waals surface area contributed by atoms with Gasteiger partial charge in [-0.1, -0.05) is 183 Å². The third-order valence-corrected chi connectivity index (χ3v) is 17.8. The van der Waals surface area contributed by atoms with Gasteiger partial charge in [-0.3, -0.25) is 0 Å². The lowest BCUT2D eigenvalue weighted by atomic mass is 9.34. The fraction of sp³-hybridized carbons (Fsp3) is 0.229. The summed E-state index contributed by atoms with van der Waals surface area (Å²) in [7, 11) is 0. The lowest BCUT2D eigenvalue weighted by Crippen LogP contribution is -2.55. The smallest absolute Gasteiger partial charge is 0.242 e. The fourth-order valence-corrected chi connectivity index (χ4v) is 15.5. The van der Waals surface area contributed by atoms with Crippen molar-refractivity contribution in [2.45, 2.75) is 90.9 Å². The zero-order chi connectivity index (χ0) is 49.6. The second-order valence-corrected chi connectivity index (χ2v) is 22.9. The van der Waals surface area contributed by atoms with Gasteiger partial charge in [0.05, 0.1) is 11.0 Å². The molecule has 0 amide bonds. The third kappa shape index (κ3) is 7.77. The van der Waals surface area contributed by atoms with Crippen LogP contribution in [0.25, 0.3) is 38.6 Å². The molecule has 4 bridgehead atoms. The zero-order valence-electron chi connectivity index (χ0n) is 43.4. The number of anilines is 3. The molecule has 4 aliphatic rings. The molecule has 0 N–H and O–H groups in total. The van der Waals surface area contributed by atoms with E-state index < -0.39 is 0 Å². The quantitative estimate of drug-likeness (QED) is 0.124. The van der Waals surface area contributed by atoms with Crippen LogP contribution in [-0.2, 0) is 10.8 Å². The van der Waals surface area contributed by atoms with Crippen molar-refractivity contribution >= 4 is 62.0 Å². The number of hydrogen-bond acceptors (Lipinski definition) is 1. The topological polar surface area (TPSA) is 8.17 Å². The van der Waals surface area contributed by atoms with Crippen LogP contribution in [0.15, 0.2) is 200 Å². The first-order chi connectivity index (χ1) is 35.5. The van der Waals surface area contributed by atoms with Crippen LogP contribution in [-0.4, -0.2) is 11.3 Å². The highest BCUT2D eigenvalue weighted by atomic mass is 15.1. The highest BCUT2D eigenvalue weighted by Crippen LogP contribution is 2.66. The molecule has 4 saturated carbocycles. The van der Waals surface area contributed by atoms with Gasteiger partial charge in [0.25, 0.3) is 0 Å². The molecule has 4 aliphatic carbocycles. The Balaban J connectivity index is 0.872. The Bertz CT molecular complexity index is 3540. The molecule has 1 aromatic heterocycles. The minimum absolute atomic E-state index is 0.101. The van der Waals surface area contributed by atoms with Gasteiger partial charge in [-0.15, -0.1) is 0 Å². The Morgan fingerprint density at radius 2 is 0.849 bits per heavy atom. The van der Waals surface area contributed by atoms with Crippen LogP contribution < -0.4 is 21.3 Å². The van der Waals surface area contributed by atoms with Gasteiger partial charge >= 0.3 is 0 Å². The number of fused-ring (bicyclic) bond motifs is 3. The molecule has 2 unspecified atom stereocenters. The van der Waals surface area contributed by atoms with E-state index in [1.807, 2.05) is 0 Å². The molecule has 10 aromatic rings. The van der Waals surface area contributed by atoms with Gasteiger partial charge in [0, 0.05) is 33.5 Å². The monoisotopic (exact) mass is 945 g/mol. The van der Waals surface area contributed by atoms with Crippen LogP contribution in [0.2, 0.25) is 0 Å². The maximum absolute atomic E-state index is 2.53. The Morgan fingerprint density at radius 1 is 0.425 bits per heavy atom. The van der Waals surface area contributed by atoms with Crippen molar-refractivity contribution < 1.29 is 0 Å². The number of nitrogens with zero attached hydrogens (tertiary/aromatic N) is 2. The van der Waals surface area contributed by atoms with Crippen molar-refractivity contribution in [1.82, 2.24) is 4.57 Å². The van der Waals surface area contributed by atoms with Gasteiger partial charge in [0.15, 0.2) is 0 Å². The van der Waals surface area contributed by atoms with Gasteiger partial charge in [-0.25, -0.2) is 0 Å². The lowest BCUT2D eigenvalue weighted by molar-refractivity contribution is -0.0281. The van der Waals surface area contributed by atoms with Crippen LogP contribution in [0.3, 0.4) is 0 Å². The predicted molar refractivity (Wildman–Crippen MR) is 311 cm³/mol. The molecule has 73 heavy (non-hydrogen) atoms. The molecular formula is C70H65BN2. The summed E-state index contributed by atoms with van der Waals surface area (Å²) in [5.74, 6) is 1.55. The third-order valence-electron chi connectivity index (χ3n) is 17.8. The predicted octanol–water partition coefficient (Wildman–Crippen LogP) is 16.1. The number of benzene rings is 9. The minimum Gasteiger partial charge on any atom is -0.311 e. The zero-order valence-corrected chi connectivity index (χ0v) is 43.4. The van der Waals surface area contributed by atoms with Crippen LogP contribution in [0, 0.1) is 53.4 Å². The summed E-state index contributed by atoms with van der Waals surface area (Å²) in [6.45, 7) is 13.8. The first kappa shape index (κ1) is 45.5. The Hall–Kier alpha value is -7.36. The van der Waals surface area contributed by atoms with Gasteiger partial charge in [0.2, 0.25) is 6.71 Å². The normalized spacial score (nSPS) is 20.0. The van der Waals surface area contributed by atoms with Crippen molar-refractivity contribution in [3.63, 3.8) is 0 Å². The molecule has 9 aromatic carbocycles. The van der Waals surface area contributed by atoms with Crippen molar-refractivity contribution in [2.24, 2.45) is 11.8 Å². The highest BCUT2D eigenvalue weighted by molar-refractivity contribution is 6.96. The van der Waals surface area contributed by atoms with Crippen LogP contribution in [0.1, 0.15) is 83.0 Å². The fourth-order valence-electron chi connectivity index (χ4n) is 15.5. The van der Waals surface area contributed by atoms with Crippen molar-refractivity contribution in [3.05, 3.63) is 245 Å². The molecule has 3 heteroatoms. The Morgan fingerprint density at radius 3 is 1.36 bits per heavy atom. The Labute approximate surface area is 433 Å². The molecule has 4 fully saturated rings. The second-order valence-electron chi connectivity index (χ2n) is 22.9. The number of para-hydroxylation sites is 3. The molecule has 1 heterocycles. The van der Waals surface area contributed by atoms with Gasteiger partial charge in [0.1, 0.15) is 0 Å². The first-order valence-corrected chi connectivity index (χ1v) is 26.9. The maximum Gasteiger partial charge on any atom is 0.242 e. The number of aryl methyl sites for hydroxylation is 6. The minimum atomic E-state index is 0.101. The molecule has 2 atom stereocenters. The van der Waals surface area contributed by atoms with Crippen molar-refractivity contribution in [3.8, 4) is 16.8 Å². The summed E-state index contributed by atoms with van der Waals surface area (Å²) < 4.78 is 2.47. The number of aromatic nitrogens is 1. The molecule has 2 nitrogen and oxygen atoms in total. The summed E-state index contributed by atoms with van der Waals surface area (Å²) in [6, 6.07) is 76.3. The average Bonchev–Trinajstić information content (AvgIpc) is 3.71. The molecule has 14 rings (SSSR count). The average molecular weight is 945 g/mol. The number of hydrogen-bond donors (Lipinski definition) is 0. The van der Waals surface area contributed by atoms with Gasteiger partial charge in [-0.05, 0) is 192 Å². The second kappa shape index (κ2) is 17.7. The van der Waals surface area contributed by atoms with Gasteiger partial charge < -0.3 is 9.47 Å². The van der Waals surface area contributed by atoms with E-state index in [4.69, 9.17) is 0 Å². The molecule has 358 valence electrons. The van der Waals surface area contributed by atoms with E-state index in [0.29, 0.717) is 0 Å². The van der Waals surface area contributed by atoms with E-state index in [9.17, 15) is 0 Å². The van der Waals surface area contributed by atoms with Gasteiger partial charge in [-0.2, -0.15) is 0 Å². The molecule has 0 spiro atoms. The SMILES string of the molecule is Cc1cc(C)c(B(c2ccc3c(c2)c2cc(-c4ccc(C56CC7CC(C5)CC(c5ccc(N(c8ccccc8)c8ccccc8)cc5)(C7)C6)cc4)ccc2n3-c2ccccc2)c2c(C)cc(C)cc2C)c(C)c1. The van der Waals surface area contributed by atoms with E-state index in [0.717, 1.165) is 11.8 Å². The molecule has 0 radical (unpaired) electrons. The summed E-state index contributed by atoms with van der Waals surface area (Å²) in [6.07, 6.45) is 7.90. The largest absolute Gasteiger partial charge is 0.311 e. The molecular weight excluding hydrogens is 880 g/mol. The van der Waals surface area contributed by atoms with Crippen LogP contribution in [0.5, 0.6) is 0 Å². The summed E-state index contributed by atoms with van der Waals surface area (Å²) in [5, 5.41) is 2.59.